The maximum atomic E-state index is 12.3. The summed E-state index contributed by atoms with van der Waals surface area (Å²) in [5, 5.41) is 8.66. The number of nitrogens with two attached hydrogens (primary N) is 1. The summed E-state index contributed by atoms with van der Waals surface area (Å²) in [5.74, 6) is -0.207. The number of amides is 1. The molecule has 1 amide bonds. The van der Waals surface area contributed by atoms with Crippen molar-refractivity contribution in [2.45, 2.75) is 44.6 Å². The lowest BCUT2D eigenvalue weighted by Crippen LogP contribution is -2.40. The summed E-state index contributed by atoms with van der Waals surface area (Å²) < 4.78 is 0. The molecule has 1 heterocycles. The van der Waals surface area contributed by atoms with Crippen LogP contribution in [0, 0.1) is 11.8 Å². The SMILES string of the molecule is NC1CCCC1C(=O)N1CCC(CCC(=O)O)C1. The van der Waals surface area contributed by atoms with Gasteiger partial charge in [0.2, 0.25) is 5.91 Å². The topological polar surface area (TPSA) is 83.6 Å². The Labute approximate surface area is 107 Å². The highest BCUT2D eigenvalue weighted by atomic mass is 16.4. The number of carbonyl (C=O) groups excluding carboxylic acids is 1. The van der Waals surface area contributed by atoms with Gasteiger partial charge in [-0.05, 0) is 31.6 Å². The van der Waals surface area contributed by atoms with E-state index in [0.717, 1.165) is 38.8 Å². The van der Waals surface area contributed by atoms with Gasteiger partial charge in [-0.1, -0.05) is 6.42 Å². The van der Waals surface area contributed by atoms with Gasteiger partial charge >= 0.3 is 5.97 Å². The van der Waals surface area contributed by atoms with Crippen molar-refractivity contribution in [1.29, 1.82) is 0 Å². The third-order valence-electron chi connectivity index (χ3n) is 4.25. The van der Waals surface area contributed by atoms with Crippen molar-refractivity contribution in [3.8, 4) is 0 Å². The summed E-state index contributed by atoms with van der Waals surface area (Å²) in [6.45, 7) is 1.49. The third kappa shape index (κ3) is 3.02. The normalized spacial score (nSPS) is 31.8. The van der Waals surface area contributed by atoms with Crippen molar-refractivity contribution in [2.75, 3.05) is 13.1 Å². The van der Waals surface area contributed by atoms with E-state index in [9.17, 15) is 9.59 Å². The molecular weight excluding hydrogens is 232 g/mol. The maximum Gasteiger partial charge on any atom is 0.303 e. The summed E-state index contributed by atoms with van der Waals surface area (Å²) in [7, 11) is 0. The Hall–Kier alpha value is -1.10. The number of carboxylic acid groups (broad SMARTS) is 1. The molecule has 1 saturated heterocycles. The Balaban J connectivity index is 1.81. The Kier molecular flexibility index (Phi) is 4.22. The van der Waals surface area contributed by atoms with E-state index in [4.69, 9.17) is 10.8 Å². The number of carboxylic acids is 1. The first-order chi connectivity index (χ1) is 8.58. The van der Waals surface area contributed by atoms with Crippen molar-refractivity contribution in [3.63, 3.8) is 0 Å². The standard InChI is InChI=1S/C13H22N2O3/c14-11-3-1-2-10(11)13(18)15-7-6-9(8-15)4-5-12(16)17/h9-11H,1-8,14H2,(H,16,17). The molecule has 2 fully saturated rings. The number of rotatable bonds is 4. The highest BCUT2D eigenvalue weighted by molar-refractivity contribution is 5.80. The van der Waals surface area contributed by atoms with Gasteiger partial charge in [-0.15, -0.1) is 0 Å². The molecule has 0 spiro atoms. The zero-order chi connectivity index (χ0) is 13.1. The van der Waals surface area contributed by atoms with Crippen molar-refractivity contribution < 1.29 is 14.7 Å². The summed E-state index contributed by atoms with van der Waals surface area (Å²) >= 11 is 0. The molecule has 0 aromatic rings. The predicted molar refractivity (Wildman–Crippen MR) is 66.9 cm³/mol. The van der Waals surface area contributed by atoms with Gasteiger partial charge in [-0.2, -0.15) is 0 Å². The van der Waals surface area contributed by atoms with Gasteiger partial charge in [0, 0.05) is 25.6 Å². The average Bonchev–Trinajstić information content (AvgIpc) is 2.94. The van der Waals surface area contributed by atoms with Gasteiger partial charge in [-0.3, -0.25) is 9.59 Å². The molecule has 3 unspecified atom stereocenters. The van der Waals surface area contributed by atoms with Crippen LogP contribution < -0.4 is 5.73 Å². The second-order valence-corrected chi connectivity index (χ2v) is 5.57. The summed E-state index contributed by atoms with van der Waals surface area (Å²) in [5.41, 5.74) is 5.96. The Bertz CT molecular complexity index is 332. The highest BCUT2D eigenvalue weighted by Crippen LogP contribution is 2.29. The van der Waals surface area contributed by atoms with Crippen molar-refractivity contribution >= 4 is 11.9 Å². The van der Waals surface area contributed by atoms with Gasteiger partial charge in [0.1, 0.15) is 0 Å². The van der Waals surface area contributed by atoms with Crippen LogP contribution >= 0.6 is 0 Å². The highest BCUT2D eigenvalue weighted by Gasteiger charge is 2.36. The van der Waals surface area contributed by atoms with E-state index in [1.807, 2.05) is 4.90 Å². The molecule has 0 bridgehead atoms. The minimum absolute atomic E-state index is 0.00298. The minimum atomic E-state index is -0.752. The van der Waals surface area contributed by atoms with E-state index in [2.05, 4.69) is 0 Å². The quantitative estimate of drug-likeness (QED) is 0.778. The van der Waals surface area contributed by atoms with Crippen LogP contribution in [0.1, 0.15) is 38.5 Å². The lowest BCUT2D eigenvalue weighted by Gasteiger charge is -2.23. The number of carbonyl (C=O) groups is 2. The van der Waals surface area contributed by atoms with Crippen LogP contribution in [0.3, 0.4) is 0 Å². The smallest absolute Gasteiger partial charge is 0.303 e. The van der Waals surface area contributed by atoms with Gasteiger partial charge in [-0.25, -0.2) is 0 Å². The lowest BCUT2D eigenvalue weighted by molar-refractivity contribution is -0.137. The van der Waals surface area contributed by atoms with Gasteiger partial charge in [0.05, 0.1) is 5.92 Å². The van der Waals surface area contributed by atoms with Crippen LogP contribution in [0.15, 0.2) is 0 Å². The zero-order valence-corrected chi connectivity index (χ0v) is 10.7. The molecule has 0 aromatic carbocycles. The third-order valence-corrected chi connectivity index (χ3v) is 4.25. The summed E-state index contributed by atoms with van der Waals surface area (Å²) in [6, 6.07) is 0.0237. The second kappa shape index (κ2) is 5.69. The largest absolute Gasteiger partial charge is 0.481 e. The molecule has 2 aliphatic rings. The molecule has 3 N–H and O–H groups in total. The summed E-state index contributed by atoms with van der Waals surface area (Å²) in [4.78, 5) is 24.7. The lowest BCUT2D eigenvalue weighted by atomic mass is 10.0. The fraction of sp³-hybridized carbons (Fsp3) is 0.846. The predicted octanol–water partition coefficient (Wildman–Crippen LogP) is 0.827. The monoisotopic (exact) mass is 254 g/mol. The van der Waals surface area contributed by atoms with Crippen LogP contribution in [0.5, 0.6) is 0 Å². The summed E-state index contributed by atoms with van der Waals surface area (Å²) in [6.07, 6.45) is 4.73. The molecular formula is C13H22N2O3. The number of hydrogen-bond donors (Lipinski definition) is 2. The van der Waals surface area contributed by atoms with Crippen molar-refractivity contribution in [3.05, 3.63) is 0 Å². The van der Waals surface area contributed by atoms with Crippen LogP contribution in [-0.4, -0.2) is 41.0 Å². The van der Waals surface area contributed by atoms with E-state index < -0.39 is 5.97 Å². The zero-order valence-electron chi connectivity index (χ0n) is 10.7. The molecule has 18 heavy (non-hydrogen) atoms. The first-order valence-electron chi connectivity index (χ1n) is 6.84. The number of likely N-dealkylation sites (tertiary alicyclic amines) is 1. The Morgan fingerprint density at radius 3 is 2.67 bits per heavy atom. The molecule has 1 aliphatic heterocycles. The number of aliphatic carboxylic acids is 1. The van der Waals surface area contributed by atoms with Crippen LogP contribution in [0.25, 0.3) is 0 Å². The molecule has 1 saturated carbocycles. The molecule has 0 radical (unpaired) electrons. The van der Waals surface area contributed by atoms with Crippen LogP contribution in [-0.2, 0) is 9.59 Å². The molecule has 1 aliphatic carbocycles. The van der Waals surface area contributed by atoms with E-state index >= 15 is 0 Å². The fourth-order valence-electron chi connectivity index (χ4n) is 3.13. The fourth-order valence-corrected chi connectivity index (χ4v) is 3.13. The first-order valence-corrected chi connectivity index (χ1v) is 6.84. The first kappa shape index (κ1) is 13.3. The van der Waals surface area contributed by atoms with Crippen molar-refractivity contribution in [2.24, 2.45) is 17.6 Å². The van der Waals surface area contributed by atoms with E-state index in [1.54, 1.807) is 0 Å². The number of hydrogen-bond acceptors (Lipinski definition) is 3. The minimum Gasteiger partial charge on any atom is -0.481 e. The van der Waals surface area contributed by atoms with Crippen LogP contribution in [0.2, 0.25) is 0 Å². The maximum absolute atomic E-state index is 12.3. The molecule has 2 rings (SSSR count). The van der Waals surface area contributed by atoms with Gasteiger partial charge in [0.15, 0.2) is 0 Å². The molecule has 5 nitrogen and oxygen atoms in total. The van der Waals surface area contributed by atoms with Gasteiger partial charge in [0.25, 0.3) is 0 Å². The molecule has 5 heteroatoms. The van der Waals surface area contributed by atoms with E-state index in [1.165, 1.54) is 0 Å². The number of nitrogens with zero attached hydrogens (tertiary/aromatic N) is 1. The Morgan fingerprint density at radius 1 is 1.28 bits per heavy atom. The van der Waals surface area contributed by atoms with E-state index in [0.29, 0.717) is 12.3 Å². The molecule has 102 valence electrons. The van der Waals surface area contributed by atoms with E-state index in [-0.39, 0.29) is 24.3 Å². The Morgan fingerprint density at radius 2 is 2.06 bits per heavy atom. The second-order valence-electron chi connectivity index (χ2n) is 5.57. The average molecular weight is 254 g/mol. The molecule has 0 aromatic heterocycles. The van der Waals surface area contributed by atoms with Gasteiger partial charge < -0.3 is 15.7 Å². The van der Waals surface area contributed by atoms with Crippen molar-refractivity contribution in [1.82, 2.24) is 4.90 Å². The van der Waals surface area contributed by atoms with Crippen LogP contribution in [0.4, 0.5) is 0 Å². The molecule has 3 atom stereocenters.